The monoisotopic (exact) mass is 353 g/mol. The first-order valence-corrected chi connectivity index (χ1v) is 8.50. The predicted molar refractivity (Wildman–Crippen MR) is 89.6 cm³/mol. The predicted octanol–water partition coefficient (Wildman–Crippen LogP) is 4.60. The van der Waals surface area contributed by atoms with Crippen LogP contribution in [0.1, 0.15) is 43.7 Å². The molecule has 0 bridgehead atoms. The average Bonchev–Trinajstić information content (AvgIpc) is 2.43. The molecule has 1 saturated carbocycles. The molecule has 0 aliphatic heterocycles. The molecule has 2 rings (SSSR count). The Morgan fingerprint density at radius 1 is 1.33 bits per heavy atom. The lowest BCUT2D eigenvalue weighted by atomic mass is 9.85. The molecule has 0 amide bonds. The molecule has 1 aliphatic carbocycles. The summed E-state index contributed by atoms with van der Waals surface area (Å²) in [4.78, 5) is 11.9. The lowest BCUT2D eigenvalue weighted by molar-refractivity contribution is -0.149. The maximum Gasteiger partial charge on any atom is 0.308 e. The number of nitrogens with one attached hydrogen (secondary N) is 1. The molecule has 21 heavy (non-hydrogen) atoms. The number of carbonyl (C=O) groups excluding carboxylic acids is 1. The molecule has 0 aromatic heterocycles. The SMILES string of the molecule is CCOC(=O)C1CCCC(Nc2c(C)cc(Br)cc2C)C1. The Labute approximate surface area is 135 Å². The molecule has 2 unspecified atom stereocenters. The molecule has 4 heteroatoms. The first-order valence-electron chi connectivity index (χ1n) is 7.71. The molecule has 1 aromatic carbocycles. The molecule has 2 atom stereocenters. The lowest BCUT2D eigenvalue weighted by Gasteiger charge is -2.30. The van der Waals surface area contributed by atoms with Gasteiger partial charge in [0.2, 0.25) is 0 Å². The van der Waals surface area contributed by atoms with Gasteiger partial charge in [0.15, 0.2) is 0 Å². The average molecular weight is 354 g/mol. The Morgan fingerprint density at radius 2 is 2.00 bits per heavy atom. The third-order valence-electron chi connectivity index (χ3n) is 4.14. The number of esters is 1. The number of anilines is 1. The molecule has 3 nitrogen and oxygen atoms in total. The number of ether oxygens (including phenoxy) is 1. The molecule has 1 fully saturated rings. The van der Waals surface area contributed by atoms with Crippen molar-refractivity contribution in [2.24, 2.45) is 5.92 Å². The summed E-state index contributed by atoms with van der Waals surface area (Å²) in [6.07, 6.45) is 4.02. The second kappa shape index (κ2) is 7.30. The molecule has 0 heterocycles. The number of halogens is 1. The van der Waals surface area contributed by atoms with Crippen LogP contribution < -0.4 is 5.32 Å². The second-order valence-corrected chi connectivity index (χ2v) is 6.79. The third-order valence-corrected chi connectivity index (χ3v) is 4.60. The normalized spacial score (nSPS) is 21.9. The highest BCUT2D eigenvalue weighted by Crippen LogP contribution is 2.31. The minimum absolute atomic E-state index is 0.0340. The van der Waals surface area contributed by atoms with E-state index < -0.39 is 0 Å². The van der Waals surface area contributed by atoms with Crippen molar-refractivity contribution in [2.45, 2.75) is 52.5 Å². The van der Waals surface area contributed by atoms with E-state index in [1.54, 1.807) is 0 Å². The fraction of sp³-hybridized carbons (Fsp3) is 0.588. The van der Waals surface area contributed by atoms with Crippen LogP contribution in [0.4, 0.5) is 5.69 Å². The summed E-state index contributed by atoms with van der Waals surface area (Å²) in [5, 5.41) is 3.64. The quantitative estimate of drug-likeness (QED) is 0.803. The smallest absolute Gasteiger partial charge is 0.308 e. The van der Waals surface area contributed by atoms with Gasteiger partial charge in [-0.25, -0.2) is 0 Å². The Hall–Kier alpha value is -1.03. The van der Waals surface area contributed by atoms with Crippen molar-refractivity contribution in [1.82, 2.24) is 0 Å². The molecular formula is C17H24BrNO2. The Balaban J connectivity index is 2.04. The van der Waals surface area contributed by atoms with Crippen molar-refractivity contribution in [2.75, 3.05) is 11.9 Å². The van der Waals surface area contributed by atoms with E-state index in [1.165, 1.54) is 16.8 Å². The molecule has 0 saturated heterocycles. The minimum atomic E-state index is -0.0340. The van der Waals surface area contributed by atoms with E-state index in [1.807, 2.05) is 6.92 Å². The van der Waals surface area contributed by atoms with Gasteiger partial charge in [0.05, 0.1) is 12.5 Å². The molecule has 0 spiro atoms. The fourth-order valence-corrected chi connectivity index (χ4v) is 3.82. The van der Waals surface area contributed by atoms with Crippen LogP contribution in [-0.4, -0.2) is 18.6 Å². The maximum absolute atomic E-state index is 11.9. The molecule has 0 radical (unpaired) electrons. The number of benzene rings is 1. The fourth-order valence-electron chi connectivity index (χ4n) is 3.14. The van der Waals surface area contributed by atoms with E-state index in [9.17, 15) is 4.79 Å². The van der Waals surface area contributed by atoms with Gasteiger partial charge in [-0.2, -0.15) is 0 Å². The Kier molecular flexibility index (Phi) is 5.68. The molecule has 116 valence electrons. The largest absolute Gasteiger partial charge is 0.466 e. The zero-order chi connectivity index (χ0) is 15.4. The molecular weight excluding hydrogens is 330 g/mol. The van der Waals surface area contributed by atoms with E-state index in [4.69, 9.17) is 4.74 Å². The van der Waals surface area contributed by atoms with Gasteiger partial charge in [-0.05, 0) is 63.3 Å². The van der Waals surface area contributed by atoms with Crippen LogP contribution in [0.25, 0.3) is 0 Å². The van der Waals surface area contributed by atoms with E-state index in [0.29, 0.717) is 12.6 Å². The third kappa shape index (κ3) is 4.22. The van der Waals surface area contributed by atoms with Crippen LogP contribution in [0.5, 0.6) is 0 Å². The van der Waals surface area contributed by atoms with Crippen LogP contribution in [0.3, 0.4) is 0 Å². The van der Waals surface area contributed by atoms with Crippen molar-refractivity contribution in [3.63, 3.8) is 0 Å². The summed E-state index contributed by atoms with van der Waals surface area (Å²) in [7, 11) is 0. The van der Waals surface area contributed by atoms with Gasteiger partial charge < -0.3 is 10.1 Å². The number of rotatable bonds is 4. The van der Waals surface area contributed by atoms with Gasteiger partial charge in [0.1, 0.15) is 0 Å². The van der Waals surface area contributed by atoms with E-state index in [2.05, 4.69) is 47.2 Å². The lowest BCUT2D eigenvalue weighted by Crippen LogP contribution is -2.32. The van der Waals surface area contributed by atoms with Crippen molar-refractivity contribution in [3.8, 4) is 0 Å². The van der Waals surface area contributed by atoms with Gasteiger partial charge in [-0.1, -0.05) is 22.4 Å². The summed E-state index contributed by atoms with van der Waals surface area (Å²) in [5.41, 5.74) is 3.67. The minimum Gasteiger partial charge on any atom is -0.466 e. The molecule has 1 aliphatic rings. The van der Waals surface area contributed by atoms with Crippen molar-refractivity contribution < 1.29 is 9.53 Å². The zero-order valence-electron chi connectivity index (χ0n) is 13.0. The number of hydrogen-bond donors (Lipinski definition) is 1. The topological polar surface area (TPSA) is 38.3 Å². The van der Waals surface area contributed by atoms with Gasteiger partial charge in [0, 0.05) is 16.2 Å². The van der Waals surface area contributed by atoms with Gasteiger partial charge in [0.25, 0.3) is 0 Å². The van der Waals surface area contributed by atoms with Gasteiger partial charge in [-0.3, -0.25) is 4.79 Å². The molecule has 1 aromatic rings. The number of hydrogen-bond acceptors (Lipinski definition) is 3. The van der Waals surface area contributed by atoms with E-state index in [-0.39, 0.29) is 11.9 Å². The van der Waals surface area contributed by atoms with Crippen LogP contribution in [0.2, 0.25) is 0 Å². The van der Waals surface area contributed by atoms with Crippen LogP contribution in [0, 0.1) is 19.8 Å². The summed E-state index contributed by atoms with van der Waals surface area (Å²) in [6, 6.07) is 4.61. The summed E-state index contributed by atoms with van der Waals surface area (Å²) in [6.45, 7) is 6.57. The summed E-state index contributed by atoms with van der Waals surface area (Å²) in [5.74, 6) is 0.0144. The van der Waals surface area contributed by atoms with Crippen LogP contribution >= 0.6 is 15.9 Å². The van der Waals surface area contributed by atoms with Gasteiger partial charge in [-0.15, -0.1) is 0 Å². The highest BCUT2D eigenvalue weighted by atomic mass is 79.9. The van der Waals surface area contributed by atoms with Gasteiger partial charge >= 0.3 is 5.97 Å². The second-order valence-electron chi connectivity index (χ2n) is 5.87. The number of carbonyl (C=O) groups is 1. The highest BCUT2D eigenvalue weighted by Gasteiger charge is 2.28. The Bertz CT molecular complexity index is 493. The van der Waals surface area contributed by atoms with Crippen molar-refractivity contribution in [1.29, 1.82) is 0 Å². The number of aryl methyl sites for hydroxylation is 2. The van der Waals surface area contributed by atoms with E-state index >= 15 is 0 Å². The first-order chi connectivity index (χ1) is 10.0. The summed E-state index contributed by atoms with van der Waals surface area (Å²) < 4.78 is 6.28. The van der Waals surface area contributed by atoms with Crippen molar-refractivity contribution >= 4 is 27.6 Å². The van der Waals surface area contributed by atoms with E-state index in [0.717, 1.165) is 30.2 Å². The Morgan fingerprint density at radius 3 is 2.62 bits per heavy atom. The zero-order valence-corrected chi connectivity index (χ0v) is 14.6. The first kappa shape index (κ1) is 16.3. The maximum atomic E-state index is 11.9. The standard InChI is InChI=1S/C17H24BrNO2/c1-4-21-17(20)13-6-5-7-15(10-13)19-16-11(2)8-14(18)9-12(16)3/h8-9,13,15,19H,4-7,10H2,1-3H3. The van der Waals surface area contributed by atoms with Crippen LogP contribution in [0.15, 0.2) is 16.6 Å². The van der Waals surface area contributed by atoms with Crippen molar-refractivity contribution in [3.05, 3.63) is 27.7 Å². The van der Waals surface area contributed by atoms with Crippen LogP contribution in [-0.2, 0) is 9.53 Å². The highest BCUT2D eigenvalue weighted by molar-refractivity contribution is 9.10. The molecule has 1 N–H and O–H groups in total. The summed E-state index contributed by atoms with van der Waals surface area (Å²) >= 11 is 3.53.